The van der Waals surface area contributed by atoms with E-state index >= 15 is 0 Å². The Morgan fingerprint density at radius 1 is 0.300 bits per heavy atom. The van der Waals surface area contributed by atoms with Crippen LogP contribution >= 0.6 is 11.3 Å². The lowest BCUT2D eigenvalue weighted by molar-refractivity contribution is 0.669. The first-order chi connectivity index (χ1) is 34.7. The van der Waals surface area contributed by atoms with Gasteiger partial charge in [0.1, 0.15) is 11.2 Å². The minimum atomic E-state index is -0.476. The molecule has 70 heavy (non-hydrogen) atoms. The zero-order valence-electron chi connectivity index (χ0n) is 38.1. The third kappa shape index (κ3) is 6.40. The number of thiophene rings is 1. The van der Waals surface area contributed by atoms with Crippen molar-refractivity contribution in [2.45, 2.75) is 5.41 Å². The van der Waals surface area contributed by atoms with Crippen LogP contribution in [0.15, 0.2) is 265 Å². The Labute approximate surface area is 410 Å². The molecular formula is C67H43NOS. The molecule has 0 unspecified atom stereocenters. The van der Waals surface area contributed by atoms with Crippen LogP contribution in [0.4, 0.5) is 17.1 Å². The molecule has 0 saturated carbocycles. The molecule has 1 aliphatic carbocycles. The Hall–Kier alpha value is -8.76. The molecule has 328 valence electrons. The van der Waals surface area contributed by atoms with E-state index in [1.54, 1.807) is 0 Å². The molecule has 2 nitrogen and oxygen atoms in total. The summed E-state index contributed by atoms with van der Waals surface area (Å²) in [6, 6.07) is 95.6. The third-order valence-corrected chi connectivity index (χ3v) is 15.7. The van der Waals surface area contributed by atoms with Crippen LogP contribution < -0.4 is 4.90 Å². The molecule has 1 aliphatic rings. The first kappa shape index (κ1) is 40.3. The second kappa shape index (κ2) is 16.2. The van der Waals surface area contributed by atoms with Crippen molar-refractivity contribution in [2.24, 2.45) is 0 Å². The zero-order valence-corrected chi connectivity index (χ0v) is 38.9. The van der Waals surface area contributed by atoms with Crippen LogP contribution in [-0.2, 0) is 5.41 Å². The van der Waals surface area contributed by atoms with E-state index in [0.29, 0.717) is 0 Å². The topological polar surface area (TPSA) is 16.4 Å². The van der Waals surface area contributed by atoms with Gasteiger partial charge in [-0.2, -0.15) is 0 Å². The minimum absolute atomic E-state index is 0.476. The van der Waals surface area contributed by atoms with Crippen LogP contribution in [0.1, 0.15) is 22.3 Å². The molecule has 0 N–H and O–H groups in total. The first-order valence-corrected chi connectivity index (χ1v) is 24.8. The second-order valence-corrected chi connectivity index (χ2v) is 19.5. The Balaban J connectivity index is 0.887. The van der Waals surface area contributed by atoms with Crippen molar-refractivity contribution in [3.8, 4) is 44.5 Å². The van der Waals surface area contributed by atoms with E-state index in [0.717, 1.165) is 50.1 Å². The van der Waals surface area contributed by atoms with Crippen molar-refractivity contribution in [3.05, 3.63) is 283 Å². The highest BCUT2D eigenvalue weighted by atomic mass is 32.1. The van der Waals surface area contributed by atoms with Gasteiger partial charge in [0.15, 0.2) is 0 Å². The molecule has 0 fully saturated rings. The summed E-state index contributed by atoms with van der Waals surface area (Å²) >= 11 is 1.86. The lowest BCUT2D eigenvalue weighted by atomic mass is 9.68. The molecule has 13 aromatic rings. The predicted octanol–water partition coefficient (Wildman–Crippen LogP) is 18.8. The van der Waals surface area contributed by atoms with Crippen molar-refractivity contribution < 1.29 is 4.42 Å². The highest BCUT2D eigenvalue weighted by molar-refractivity contribution is 7.25. The summed E-state index contributed by atoms with van der Waals surface area (Å²) in [6.45, 7) is 0. The van der Waals surface area contributed by atoms with Gasteiger partial charge >= 0.3 is 0 Å². The molecule has 0 atom stereocenters. The fourth-order valence-corrected chi connectivity index (χ4v) is 12.4. The van der Waals surface area contributed by atoms with Crippen molar-refractivity contribution in [1.29, 1.82) is 0 Å². The van der Waals surface area contributed by atoms with Gasteiger partial charge in [0.2, 0.25) is 0 Å². The fourth-order valence-electron chi connectivity index (χ4n) is 11.3. The van der Waals surface area contributed by atoms with Gasteiger partial charge in [0, 0.05) is 48.0 Å². The van der Waals surface area contributed by atoms with Gasteiger partial charge in [-0.15, -0.1) is 11.3 Å². The van der Waals surface area contributed by atoms with Crippen LogP contribution in [-0.4, -0.2) is 0 Å². The Morgan fingerprint density at radius 2 is 0.829 bits per heavy atom. The van der Waals surface area contributed by atoms with E-state index in [4.69, 9.17) is 4.42 Å². The maximum absolute atomic E-state index is 6.24. The number of fused-ring (bicyclic) bond motifs is 9. The van der Waals surface area contributed by atoms with E-state index in [2.05, 4.69) is 254 Å². The van der Waals surface area contributed by atoms with Gasteiger partial charge in [0.25, 0.3) is 0 Å². The summed E-state index contributed by atoms with van der Waals surface area (Å²) in [5.74, 6) is 0. The normalized spacial score (nSPS) is 12.7. The number of benzene rings is 11. The van der Waals surface area contributed by atoms with Crippen LogP contribution in [0, 0.1) is 0 Å². The number of rotatable bonds is 8. The van der Waals surface area contributed by atoms with Crippen molar-refractivity contribution >= 4 is 70.5 Å². The summed E-state index contributed by atoms with van der Waals surface area (Å²) in [5.41, 5.74) is 19.2. The molecule has 14 rings (SSSR count). The molecule has 0 saturated heterocycles. The van der Waals surface area contributed by atoms with E-state index in [9.17, 15) is 0 Å². The number of nitrogens with zero attached hydrogens (tertiary/aromatic N) is 1. The summed E-state index contributed by atoms with van der Waals surface area (Å²) in [7, 11) is 0. The summed E-state index contributed by atoms with van der Waals surface area (Å²) in [6.07, 6.45) is 0. The molecule has 0 amide bonds. The fraction of sp³-hybridized carbons (Fsp3) is 0.0149. The smallest absolute Gasteiger partial charge is 0.135 e. The van der Waals surface area contributed by atoms with Crippen molar-refractivity contribution in [2.75, 3.05) is 4.90 Å². The number of para-hydroxylation sites is 1. The van der Waals surface area contributed by atoms with Gasteiger partial charge < -0.3 is 9.32 Å². The highest BCUT2D eigenvalue weighted by Gasteiger charge is 2.46. The van der Waals surface area contributed by atoms with Gasteiger partial charge in [-0.1, -0.05) is 188 Å². The molecule has 0 radical (unpaired) electrons. The van der Waals surface area contributed by atoms with Crippen LogP contribution in [0.25, 0.3) is 86.6 Å². The van der Waals surface area contributed by atoms with Crippen LogP contribution in [0.3, 0.4) is 0 Å². The number of furan rings is 1. The summed E-state index contributed by atoms with van der Waals surface area (Å²) in [4.78, 5) is 2.42. The Kier molecular flexibility index (Phi) is 9.33. The summed E-state index contributed by atoms with van der Waals surface area (Å²) < 4.78 is 8.89. The van der Waals surface area contributed by atoms with Gasteiger partial charge in [-0.05, 0) is 140 Å². The molecule has 0 bridgehead atoms. The predicted molar refractivity (Wildman–Crippen MR) is 295 cm³/mol. The van der Waals surface area contributed by atoms with Crippen LogP contribution in [0.5, 0.6) is 0 Å². The van der Waals surface area contributed by atoms with E-state index in [-0.39, 0.29) is 0 Å². The maximum Gasteiger partial charge on any atom is 0.135 e. The number of hydrogen-bond acceptors (Lipinski definition) is 3. The standard InChI is InChI=1S/C67H43NOS/c1-3-15-50(16-4-1)67(51-17-5-2-6-18-51)61-23-10-7-20-55(61)58-43-54(36-37-62(58)67)68(53-19-13-14-47(40-53)49-32-38-64-59(41-49)56-21-8-11-24-63(56)69-64)52-34-30-45(31-35-52)44-26-28-46(29-27-44)48-33-39-66-60(42-48)57-22-9-12-25-65(57)70-66/h1-43H. The lowest BCUT2D eigenvalue weighted by Gasteiger charge is -2.34. The van der Waals surface area contributed by atoms with E-state index in [1.807, 2.05) is 23.5 Å². The maximum atomic E-state index is 6.24. The van der Waals surface area contributed by atoms with Crippen molar-refractivity contribution in [3.63, 3.8) is 0 Å². The average Bonchev–Trinajstić information content (AvgIpc) is 4.10. The van der Waals surface area contributed by atoms with E-state index in [1.165, 1.54) is 75.8 Å². The first-order valence-electron chi connectivity index (χ1n) is 24.0. The lowest BCUT2D eigenvalue weighted by Crippen LogP contribution is -2.28. The third-order valence-electron chi connectivity index (χ3n) is 14.6. The Bertz CT molecular complexity index is 4070. The molecule has 11 aromatic carbocycles. The van der Waals surface area contributed by atoms with Crippen molar-refractivity contribution in [1.82, 2.24) is 0 Å². The van der Waals surface area contributed by atoms with Crippen LogP contribution in [0.2, 0.25) is 0 Å². The summed E-state index contributed by atoms with van der Waals surface area (Å²) in [5, 5.41) is 4.89. The number of hydrogen-bond donors (Lipinski definition) is 0. The monoisotopic (exact) mass is 909 g/mol. The van der Waals surface area contributed by atoms with E-state index < -0.39 is 5.41 Å². The highest BCUT2D eigenvalue weighted by Crippen LogP contribution is 2.57. The zero-order chi connectivity index (χ0) is 46.2. The average molecular weight is 910 g/mol. The number of anilines is 3. The minimum Gasteiger partial charge on any atom is -0.456 e. The van der Waals surface area contributed by atoms with Gasteiger partial charge in [0.05, 0.1) is 5.41 Å². The molecule has 0 spiro atoms. The molecule has 2 aromatic heterocycles. The van der Waals surface area contributed by atoms with Gasteiger partial charge in [-0.3, -0.25) is 0 Å². The Morgan fingerprint density at radius 3 is 1.61 bits per heavy atom. The quantitative estimate of drug-likeness (QED) is 0.151. The molecule has 3 heteroatoms. The molecule has 2 heterocycles. The largest absolute Gasteiger partial charge is 0.456 e. The van der Waals surface area contributed by atoms with Gasteiger partial charge in [-0.25, -0.2) is 0 Å². The molecular weight excluding hydrogens is 867 g/mol. The second-order valence-electron chi connectivity index (χ2n) is 18.4. The SMILES string of the molecule is c1ccc(C2(c3ccccc3)c3ccccc3-c3cc(N(c4ccc(-c5ccc(-c6ccc7sc8ccccc8c7c6)cc5)cc4)c4cccc(-c5ccc6oc7ccccc7c6c5)c4)ccc32)cc1. The molecule has 0 aliphatic heterocycles.